The molecule has 0 spiro atoms. The lowest BCUT2D eigenvalue weighted by molar-refractivity contribution is 0.506. The van der Waals surface area contributed by atoms with E-state index in [2.05, 4.69) is 101 Å². The Morgan fingerprint density at radius 3 is 2.17 bits per heavy atom. The lowest BCUT2D eigenvalue weighted by Gasteiger charge is -2.25. The molecule has 30 heavy (non-hydrogen) atoms. The molecule has 0 N–H and O–H groups in total. The van der Waals surface area contributed by atoms with Crippen LogP contribution in [0.25, 0.3) is 33.2 Å². The van der Waals surface area contributed by atoms with E-state index < -0.39 is 0 Å². The summed E-state index contributed by atoms with van der Waals surface area (Å²) in [6.45, 7) is 11.6. The van der Waals surface area contributed by atoms with E-state index in [1.54, 1.807) is 0 Å². The molecule has 1 aliphatic carbocycles. The number of rotatable bonds is 3. The fraction of sp³-hybridized carbons (Fsp3) is 0.276. The van der Waals surface area contributed by atoms with E-state index >= 15 is 0 Å². The molecule has 0 saturated carbocycles. The summed E-state index contributed by atoms with van der Waals surface area (Å²) in [6, 6.07) is 24.6. The third-order valence-corrected chi connectivity index (χ3v) is 7.25. The van der Waals surface area contributed by atoms with Crippen LogP contribution in [0, 0.1) is 0 Å². The number of hydrogen-bond acceptors (Lipinski definition) is 1. The summed E-state index contributed by atoms with van der Waals surface area (Å²) in [4.78, 5) is 4.88. The van der Waals surface area contributed by atoms with Crippen LogP contribution in [0.15, 0.2) is 72.9 Å². The Morgan fingerprint density at radius 1 is 0.833 bits per heavy atom. The van der Waals surface area contributed by atoms with E-state index in [-0.39, 0.29) is 10.8 Å². The van der Waals surface area contributed by atoms with Crippen LogP contribution in [0.5, 0.6) is 0 Å². The largest absolute Gasteiger partial charge is 0.256 e. The van der Waals surface area contributed by atoms with Crippen LogP contribution in [-0.4, -0.2) is 4.98 Å². The molecule has 5 rings (SSSR count). The monoisotopic (exact) mass is 391 g/mol. The van der Waals surface area contributed by atoms with Crippen molar-refractivity contribution in [1.82, 2.24) is 4.98 Å². The zero-order valence-electron chi connectivity index (χ0n) is 18.6. The molecule has 0 amide bonds. The minimum atomic E-state index is -0.0837. The highest BCUT2D eigenvalue weighted by Gasteiger charge is 2.38. The Kier molecular flexibility index (Phi) is 4.15. The van der Waals surface area contributed by atoms with E-state index in [0.29, 0.717) is 0 Å². The van der Waals surface area contributed by atoms with Crippen LogP contribution in [0.4, 0.5) is 0 Å². The standard InChI is InChI=1S/C29H29N/c1-6-28(2,3)22-13-11-19(12-14-22)27-26-23(15-16-30-27)24-17-20-9-7-8-10-21(20)18-25(24)29(26,4)5/h7-18H,6H2,1-5H3. The van der Waals surface area contributed by atoms with Gasteiger partial charge in [0.2, 0.25) is 0 Å². The molecule has 1 nitrogen and oxygen atoms in total. The summed E-state index contributed by atoms with van der Waals surface area (Å²) < 4.78 is 0. The molecule has 1 heteroatoms. The summed E-state index contributed by atoms with van der Waals surface area (Å²) >= 11 is 0. The molecule has 0 fully saturated rings. The second-order valence-electron chi connectivity index (χ2n) is 9.77. The Balaban J connectivity index is 1.69. The summed E-state index contributed by atoms with van der Waals surface area (Å²) in [5.74, 6) is 0. The Labute approximate surface area is 179 Å². The molecule has 0 radical (unpaired) electrons. The molecule has 150 valence electrons. The molecule has 0 unspecified atom stereocenters. The lowest BCUT2D eigenvalue weighted by atomic mass is 9.79. The average Bonchev–Trinajstić information content (AvgIpc) is 2.99. The van der Waals surface area contributed by atoms with Crippen molar-refractivity contribution in [1.29, 1.82) is 0 Å². The van der Waals surface area contributed by atoms with Crippen molar-refractivity contribution < 1.29 is 0 Å². The lowest BCUT2D eigenvalue weighted by Crippen LogP contribution is -2.17. The van der Waals surface area contributed by atoms with Gasteiger partial charge in [0.05, 0.1) is 5.69 Å². The van der Waals surface area contributed by atoms with Crippen LogP contribution in [0.2, 0.25) is 0 Å². The highest BCUT2D eigenvalue weighted by atomic mass is 14.7. The van der Waals surface area contributed by atoms with Gasteiger partial charge in [0.1, 0.15) is 0 Å². The maximum atomic E-state index is 4.88. The van der Waals surface area contributed by atoms with Crippen molar-refractivity contribution in [2.24, 2.45) is 0 Å². The van der Waals surface area contributed by atoms with E-state index in [4.69, 9.17) is 4.98 Å². The molecule has 1 heterocycles. The Bertz CT molecular complexity index is 1260. The van der Waals surface area contributed by atoms with Crippen molar-refractivity contribution in [3.05, 3.63) is 89.6 Å². The average molecular weight is 392 g/mol. The van der Waals surface area contributed by atoms with Crippen LogP contribution in [0.3, 0.4) is 0 Å². The smallest absolute Gasteiger partial charge is 0.0748 e. The van der Waals surface area contributed by atoms with Crippen LogP contribution < -0.4 is 0 Å². The van der Waals surface area contributed by atoms with Gasteiger partial charge in [-0.2, -0.15) is 0 Å². The summed E-state index contributed by atoms with van der Waals surface area (Å²) in [5.41, 5.74) is 9.22. The van der Waals surface area contributed by atoms with Gasteiger partial charge in [-0.1, -0.05) is 83.1 Å². The fourth-order valence-corrected chi connectivity index (χ4v) is 4.94. The summed E-state index contributed by atoms with van der Waals surface area (Å²) in [5, 5.41) is 2.60. The van der Waals surface area contributed by atoms with Crippen molar-refractivity contribution in [2.75, 3.05) is 0 Å². The normalized spacial score (nSPS) is 14.6. The minimum absolute atomic E-state index is 0.0837. The second-order valence-corrected chi connectivity index (χ2v) is 9.77. The quantitative estimate of drug-likeness (QED) is 0.346. The van der Waals surface area contributed by atoms with Gasteiger partial charge in [-0.05, 0) is 68.6 Å². The first kappa shape index (κ1) is 19.1. The minimum Gasteiger partial charge on any atom is -0.256 e. The van der Waals surface area contributed by atoms with Gasteiger partial charge in [0.15, 0.2) is 0 Å². The second kappa shape index (κ2) is 6.54. The van der Waals surface area contributed by atoms with Gasteiger partial charge < -0.3 is 0 Å². The predicted molar refractivity (Wildman–Crippen MR) is 128 cm³/mol. The summed E-state index contributed by atoms with van der Waals surface area (Å²) in [7, 11) is 0. The number of nitrogens with zero attached hydrogens (tertiary/aromatic N) is 1. The highest BCUT2D eigenvalue weighted by molar-refractivity contribution is 5.95. The van der Waals surface area contributed by atoms with Gasteiger partial charge in [-0.15, -0.1) is 0 Å². The molecule has 0 atom stereocenters. The first-order valence-corrected chi connectivity index (χ1v) is 11.0. The molecule has 1 aliphatic rings. The highest BCUT2D eigenvalue weighted by Crippen LogP contribution is 2.52. The number of pyridine rings is 1. The third-order valence-electron chi connectivity index (χ3n) is 7.25. The topological polar surface area (TPSA) is 12.9 Å². The van der Waals surface area contributed by atoms with Crippen molar-refractivity contribution in [3.8, 4) is 22.4 Å². The summed E-state index contributed by atoms with van der Waals surface area (Å²) in [6.07, 6.45) is 3.10. The fourth-order valence-electron chi connectivity index (χ4n) is 4.94. The third kappa shape index (κ3) is 2.72. The predicted octanol–water partition coefficient (Wildman–Crippen LogP) is 7.90. The molecule has 0 bridgehead atoms. The Hall–Kier alpha value is -2.93. The van der Waals surface area contributed by atoms with Crippen molar-refractivity contribution in [3.63, 3.8) is 0 Å². The Morgan fingerprint density at radius 2 is 1.50 bits per heavy atom. The van der Waals surface area contributed by atoms with Crippen molar-refractivity contribution in [2.45, 2.75) is 51.9 Å². The molecule has 1 aromatic heterocycles. The first-order chi connectivity index (χ1) is 14.3. The molecule has 4 aromatic rings. The maximum absolute atomic E-state index is 4.88. The molecular formula is C29H29N. The first-order valence-electron chi connectivity index (χ1n) is 11.0. The number of hydrogen-bond donors (Lipinski definition) is 0. The van der Waals surface area contributed by atoms with Gasteiger partial charge >= 0.3 is 0 Å². The molecular weight excluding hydrogens is 362 g/mol. The number of fused-ring (bicyclic) bond motifs is 4. The van der Waals surface area contributed by atoms with E-state index in [1.165, 1.54) is 44.2 Å². The SMILES string of the molecule is CCC(C)(C)c1ccc(-c2nccc3c2C(C)(C)c2cc4ccccc4cc2-3)cc1. The van der Waals surface area contributed by atoms with E-state index in [1.807, 2.05) is 6.20 Å². The molecule has 3 aromatic carbocycles. The van der Waals surface area contributed by atoms with E-state index in [9.17, 15) is 0 Å². The van der Waals surface area contributed by atoms with Crippen LogP contribution >= 0.6 is 0 Å². The van der Waals surface area contributed by atoms with Gasteiger partial charge in [-0.3, -0.25) is 4.98 Å². The van der Waals surface area contributed by atoms with Crippen LogP contribution in [-0.2, 0) is 10.8 Å². The zero-order valence-corrected chi connectivity index (χ0v) is 18.6. The number of aromatic nitrogens is 1. The van der Waals surface area contributed by atoms with E-state index in [0.717, 1.165) is 12.1 Å². The van der Waals surface area contributed by atoms with Crippen molar-refractivity contribution >= 4 is 10.8 Å². The van der Waals surface area contributed by atoms with Gasteiger partial charge in [-0.25, -0.2) is 0 Å². The maximum Gasteiger partial charge on any atom is 0.0748 e. The van der Waals surface area contributed by atoms with Gasteiger partial charge in [0, 0.05) is 17.2 Å². The molecule has 0 aliphatic heterocycles. The van der Waals surface area contributed by atoms with Crippen LogP contribution in [0.1, 0.15) is 57.7 Å². The molecule has 0 saturated heterocycles. The zero-order chi connectivity index (χ0) is 21.1. The number of benzene rings is 3. The van der Waals surface area contributed by atoms with Gasteiger partial charge in [0.25, 0.3) is 0 Å².